The van der Waals surface area contributed by atoms with Gasteiger partial charge in [0.25, 0.3) is 5.69 Å². The van der Waals surface area contributed by atoms with E-state index in [2.05, 4.69) is 4.98 Å². The van der Waals surface area contributed by atoms with Gasteiger partial charge in [-0.3, -0.25) is 10.1 Å². The van der Waals surface area contributed by atoms with E-state index in [0.29, 0.717) is 17.1 Å². The number of halogens is 1. The molecule has 0 N–H and O–H groups in total. The summed E-state index contributed by atoms with van der Waals surface area (Å²) >= 11 is 1.44. The standard InChI is InChI=1S/C18H15FN2O4S/c1-12-8-16(6-7-17(12)21(22)23)24-9-14-11-26-18(20-14)10-25-15-4-2-13(19)3-5-15/h2-8,11H,9-10H2,1H3. The molecule has 0 spiro atoms. The fourth-order valence-corrected chi connectivity index (χ4v) is 2.93. The predicted molar refractivity (Wildman–Crippen MR) is 95.0 cm³/mol. The molecular weight excluding hydrogens is 359 g/mol. The van der Waals surface area contributed by atoms with Crippen LogP contribution in [-0.4, -0.2) is 9.91 Å². The molecule has 0 fully saturated rings. The lowest BCUT2D eigenvalue weighted by atomic mass is 10.2. The summed E-state index contributed by atoms with van der Waals surface area (Å²) in [5.74, 6) is 0.804. The second-order valence-electron chi connectivity index (χ2n) is 5.47. The van der Waals surface area contributed by atoms with Gasteiger partial charge in [0.1, 0.15) is 35.5 Å². The fourth-order valence-electron chi connectivity index (χ4n) is 2.24. The average molecular weight is 374 g/mol. The first-order chi connectivity index (χ1) is 12.5. The van der Waals surface area contributed by atoms with Crippen LogP contribution >= 0.6 is 11.3 Å². The summed E-state index contributed by atoms with van der Waals surface area (Å²) in [5, 5.41) is 13.5. The second kappa shape index (κ2) is 7.92. The lowest BCUT2D eigenvalue weighted by molar-refractivity contribution is -0.385. The first kappa shape index (κ1) is 17.8. The van der Waals surface area contributed by atoms with E-state index in [4.69, 9.17) is 9.47 Å². The zero-order valence-electron chi connectivity index (χ0n) is 13.8. The Hall–Kier alpha value is -3.00. The van der Waals surface area contributed by atoms with E-state index < -0.39 is 4.92 Å². The van der Waals surface area contributed by atoms with Crippen LogP contribution in [0.3, 0.4) is 0 Å². The minimum atomic E-state index is -0.424. The summed E-state index contributed by atoms with van der Waals surface area (Å²) < 4.78 is 24.0. The number of nitrogens with zero attached hydrogens (tertiary/aromatic N) is 2. The lowest BCUT2D eigenvalue weighted by Gasteiger charge is -2.05. The fraction of sp³-hybridized carbons (Fsp3) is 0.167. The van der Waals surface area contributed by atoms with Gasteiger partial charge < -0.3 is 9.47 Å². The van der Waals surface area contributed by atoms with Gasteiger partial charge in [-0.15, -0.1) is 11.3 Å². The summed E-state index contributed by atoms with van der Waals surface area (Å²) in [6, 6.07) is 10.4. The highest BCUT2D eigenvalue weighted by atomic mass is 32.1. The molecule has 0 aliphatic rings. The van der Waals surface area contributed by atoms with Gasteiger partial charge in [-0.2, -0.15) is 0 Å². The van der Waals surface area contributed by atoms with Crippen LogP contribution in [0.5, 0.6) is 11.5 Å². The van der Waals surface area contributed by atoms with Crippen molar-refractivity contribution in [2.75, 3.05) is 0 Å². The van der Waals surface area contributed by atoms with E-state index in [-0.39, 0.29) is 24.7 Å². The van der Waals surface area contributed by atoms with Gasteiger partial charge in [0.2, 0.25) is 0 Å². The monoisotopic (exact) mass is 374 g/mol. The average Bonchev–Trinajstić information content (AvgIpc) is 3.07. The number of aromatic nitrogens is 1. The molecule has 0 aliphatic heterocycles. The zero-order valence-corrected chi connectivity index (χ0v) is 14.7. The molecule has 0 unspecified atom stereocenters. The molecule has 6 nitrogen and oxygen atoms in total. The molecule has 0 amide bonds. The van der Waals surface area contributed by atoms with Gasteiger partial charge >= 0.3 is 0 Å². The van der Waals surface area contributed by atoms with Crippen LogP contribution in [-0.2, 0) is 13.2 Å². The molecule has 26 heavy (non-hydrogen) atoms. The zero-order chi connectivity index (χ0) is 18.5. The molecule has 0 atom stereocenters. The van der Waals surface area contributed by atoms with Crippen molar-refractivity contribution in [1.82, 2.24) is 4.98 Å². The van der Waals surface area contributed by atoms with Crippen LogP contribution in [0.1, 0.15) is 16.3 Å². The van der Waals surface area contributed by atoms with Crippen molar-refractivity contribution in [3.63, 3.8) is 0 Å². The lowest BCUT2D eigenvalue weighted by Crippen LogP contribution is -1.99. The normalized spacial score (nSPS) is 10.5. The molecule has 1 heterocycles. The highest BCUT2D eigenvalue weighted by Gasteiger charge is 2.11. The van der Waals surface area contributed by atoms with Crippen LogP contribution in [0.15, 0.2) is 47.8 Å². The highest BCUT2D eigenvalue weighted by molar-refractivity contribution is 7.09. The van der Waals surface area contributed by atoms with Crippen molar-refractivity contribution < 1.29 is 18.8 Å². The summed E-state index contributed by atoms with van der Waals surface area (Å²) in [5.41, 5.74) is 1.34. The molecule has 8 heteroatoms. The number of rotatable bonds is 7. The largest absolute Gasteiger partial charge is 0.487 e. The second-order valence-corrected chi connectivity index (χ2v) is 6.41. The molecular formula is C18H15FN2O4S. The number of hydrogen-bond acceptors (Lipinski definition) is 6. The Labute approximate surface area is 153 Å². The molecule has 0 radical (unpaired) electrons. The predicted octanol–water partition coefficient (Wildman–Crippen LogP) is 4.66. The van der Waals surface area contributed by atoms with Gasteiger partial charge in [0.15, 0.2) is 0 Å². The van der Waals surface area contributed by atoms with Crippen LogP contribution < -0.4 is 9.47 Å². The maximum absolute atomic E-state index is 12.9. The number of ether oxygens (including phenoxy) is 2. The molecule has 1 aromatic heterocycles. The van der Waals surface area contributed by atoms with Crippen LogP contribution in [0, 0.1) is 22.9 Å². The Morgan fingerprint density at radius 1 is 1.12 bits per heavy atom. The minimum absolute atomic E-state index is 0.0613. The maximum atomic E-state index is 12.9. The van der Waals surface area contributed by atoms with Gasteiger partial charge in [-0.1, -0.05) is 0 Å². The summed E-state index contributed by atoms with van der Waals surface area (Å²) in [6.45, 7) is 2.20. The van der Waals surface area contributed by atoms with E-state index in [0.717, 1.165) is 10.7 Å². The van der Waals surface area contributed by atoms with E-state index in [1.54, 1.807) is 31.2 Å². The van der Waals surface area contributed by atoms with Gasteiger partial charge in [-0.25, -0.2) is 9.37 Å². The summed E-state index contributed by atoms with van der Waals surface area (Å²) in [6.07, 6.45) is 0. The van der Waals surface area contributed by atoms with Crippen molar-refractivity contribution in [3.8, 4) is 11.5 Å². The van der Waals surface area contributed by atoms with Crippen LogP contribution in [0.4, 0.5) is 10.1 Å². The Kier molecular flexibility index (Phi) is 5.43. The van der Waals surface area contributed by atoms with Crippen LogP contribution in [0.25, 0.3) is 0 Å². The highest BCUT2D eigenvalue weighted by Crippen LogP contribution is 2.24. The van der Waals surface area contributed by atoms with Crippen molar-refractivity contribution >= 4 is 17.0 Å². The number of nitro benzene ring substituents is 1. The quantitative estimate of drug-likeness (QED) is 0.444. The maximum Gasteiger partial charge on any atom is 0.272 e. The molecule has 134 valence electrons. The topological polar surface area (TPSA) is 74.5 Å². The number of nitro groups is 1. The first-order valence-corrected chi connectivity index (χ1v) is 8.59. The molecule has 3 aromatic rings. The summed E-state index contributed by atoms with van der Waals surface area (Å²) in [7, 11) is 0. The third-order valence-corrected chi connectivity index (χ3v) is 4.40. The van der Waals surface area contributed by atoms with Crippen molar-refractivity contribution in [2.45, 2.75) is 20.1 Å². The minimum Gasteiger partial charge on any atom is -0.487 e. The Morgan fingerprint density at radius 3 is 2.50 bits per heavy atom. The van der Waals surface area contributed by atoms with E-state index in [9.17, 15) is 14.5 Å². The van der Waals surface area contributed by atoms with E-state index in [1.165, 1.54) is 29.5 Å². The molecule has 0 aliphatic carbocycles. The summed E-state index contributed by atoms with van der Waals surface area (Å²) in [4.78, 5) is 14.8. The third kappa shape index (κ3) is 4.54. The number of thiazole rings is 1. The number of aryl methyl sites for hydroxylation is 1. The van der Waals surface area contributed by atoms with Crippen molar-refractivity contribution in [2.24, 2.45) is 0 Å². The first-order valence-electron chi connectivity index (χ1n) is 7.71. The Balaban J connectivity index is 1.54. The molecule has 3 rings (SSSR count). The van der Waals surface area contributed by atoms with Crippen LogP contribution in [0.2, 0.25) is 0 Å². The Morgan fingerprint density at radius 2 is 1.81 bits per heavy atom. The third-order valence-electron chi connectivity index (χ3n) is 3.53. The number of benzene rings is 2. The molecule has 0 saturated heterocycles. The van der Waals surface area contributed by atoms with Gasteiger partial charge in [0, 0.05) is 17.0 Å². The molecule has 2 aromatic carbocycles. The number of hydrogen-bond donors (Lipinski definition) is 0. The van der Waals surface area contributed by atoms with E-state index >= 15 is 0 Å². The SMILES string of the molecule is Cc1cc(OCc2csc(COc3ccc(F)cc3)n2)ccc1[N+](=O)[O-]. The Bertz CT molecular complexity index is 912. The molecule has 0 saturated carbocycles. The van der Waals surface area contributed by atoms with Gasteiger partial charge in [-0.05, 0) is 43.3 Å². The smallest absolute Gasteiger partial charge is 0.272 e. The van der Waals surface area contributed by atoms with E-state index in [1.807, 2.05) is 5.38 Å². The van der Waals surface area contributed by atoms with Crippen molar-refractivity contribution in [1.29, 1.82) is 0 Å². The molecule has 0 bridgehead atoms. The van der Waals surface area contributed by atoms with Gasteiger partial charge in [0.05, 0.1) is 10.6 Å². The van der Waals surface area contributed by atoms with Crippen molar-refractivity contribution in [3.05, 3.63) is 80.0 Å².